The molecule has 21 heavy (non-hydrogen) atoms. The smallest absolute Gasteiger partial charge is 0.411 e. The van der Waals surface area contributed by atoms with Crippen molar-refractivity contribution >= 4 is 12.1 Å². The molecule has 2 atom stereocenters. The zero-order chi connectivity index (χ0) is 16.4. The molecule has 0 aromatic carbocycles. The van der Waals surface area contributed by atoms with Gasteiger partial charge in [-0.3, -0.25) is 4.90 Å². The maximum Gasteiger partial charge on any atom is 0.411 e. The fourth-order valence-electron chi connectivity index (χ4n) is 2.17. The predicted octanol–water partition coefficient (Wildman–Crippen LogP) is 1.95. The van der Waals surface area contributed by atoms with Crippen LogP contribution in [0.5, 0.6) is 0 Å². The van der Waals surface area contributed by atoms with Gasteiger partial charge in [-0.2, -0.15) is 0 Å². The number of amides is 1. The van der Waals surface area contributed by atoms with E-state index in [1.165, 1.54) is 4.90 Å². The molecule has 1 N–H and O–H groups in total. The molecule has 1 rings (SSSR count). The molecular weight excluding hydrogens is 274 g/mol. The van der Waals surface area contributed by atoms with Crippen molar-refractivity contribution in [1.82, 2.24) is 4.90 Å². The highest BCUT2D eigenvalue weighted by Gasteiger charge is 2.43. The van der Waals surface area contributed by atoms with Crippen molar-refractivity contribution in [3.63, 3.8) is 0 Å². The van der Waals surface area contributed by atoms with Crippen molar-refractivity contribution < 1.29 is 24.2 Å². The number of carbonyl (C=O) groups excluding carboxylic acids is 2. The number of hydrogen-bond acceptors (Lipinski definition) is 5. The van der Waals surface area contributed by atoms with Crippen molar-refractivity contribution in [2.24, 2.45) is 5.92 Å². The van der Waals surface area contributed by atoms with E-state index in [4.69, 9.17) is 9.47 Å². The van der Waals surface area contributed by atoms with Crippen LogP contribution in [0.25, 0.3) is 0 Å². The zero-order valence-corrected chi connectivity index (χ0v) is 13.8. The van der Waals surface area contributed by atoms with Crippen LogP contribution < -0.4 is 0 Å². The third-order valence-electron chi connectivity index (χ3n) is 2.95. The number of ether oxygens (including phenoxy) is 2. The predicted molar refractivity (Wildman–Crippen MR) is 77.8 cm³/mol. The van der Waals surface area contributed by atoms with Crippen LogP contribution >= 0.6 is 0 Å². The molecule has 0 spiro atoms. The van der Waals surface area contributed by atoms with Gasteiger partial charge in [0.1, 0.15) is 17.2 Å². The molecule has 1 amide bonds. The second-order valence-electron chi connectivity index (χ2n) is 7.47. The summed E-state index contributed by atoms with van der Waals surface area (Å²) in [6, 6.07) is -0.698. The molecule has 1 aliphatic heterocycles. The van der Waals surface area contributed by atoms with Crippen LogP contribution in [-0.2, 0) is 14.3 Å². The summed E-state index contributed by atoms with van der Waals surface area (Å²) in [5.74, 6) is -0.584. The van der Waals surface area contributed by atoms with Crippen molar-refractivity contribution in [2.45, 2.75) is 65.2 Å². The van der Waals surface area contributed by atoms with Gasteiger partial charge in [0.15, 0.2) is 0 Å². The number of aliphatic hydroxyl groups excluding tert-OH is 1. The van der Waals surface area contributed by atoms with Gasteiger partial charge in [-0.05, 0) is 48.0 Å². The lowest BCUT2D eigenvalue weighted by Gasteiger charge is -2.29. The van der Waals surface area contributed by atoms with Crippen LogP contribution in [0.3, 0.4) is 0 Å². The first-order chi connectivity index (χ1) is 9.43. The summed E-state index contributed by atoms with van der Waals surface area (Å²) >= 11 is 0. The Morgan fingerprint density at radius 2 is 1.62 bits per heavy atom. The van der Waals surface area contributed by atoms with Crippen molar-refractivity contribution in [2.75, 3.05) is 13.2 Å². The van der Waals surface area contributed by atoms with Crippen LogP contribution in [0.4, 0.5) is 4.79 Å². The Bertz CT molecular complexity index is 358. The normalized spacial score (nSPS) is 23.1. The summed E-state index contributed by atoms with van der Waals surface area (Å²) < 4.78 is 10.7. The molecule has 0 saturated carbocycles. The van der Waals surface area contributed by atoms with Gasteiger partial charge in [-0.1, -0.05) is 0 Å². The minimum Gasteiger partial charge on any atom is -0.458 e. The Balaban J connectivity index is 2.83. The van der Waals surface area contributed by atoms with Gasteiger partial charge in [0, 0.05) is 19.1 Å². The molecular formula is C15H27NO5. The summed E-state index contributed by atoms with van der Waals surface area (Å²) in [6.45, 7) is 10.9. The minimum absolute atomic E-state index is 0.0708. The Labute approximate surface area is 126 Å². The average molecular weight is 301 g/mol. The molecule has 0 aromatic heterocycles. The van der Waals surface area contributed by atoms with E-state index in [1.807, 2.05) is 0 Å². The lowest BCUT2D eigenvalue weighted by Crippen LogP contribution is -2.45. The highest BCUT2D eigenvalue weighted by atomic mass is 16.6. The fraction of sp³-hybridized carbons (Fsp3) is 0.867. The van der Waals surface area contributed by atoms with Crippen molar-refractivity contribution in [1.29, 1.82) is 0 Å². The van der Waals surface area contributed by atoms with E-state index < -0.39 is 29.3 Å². The lowest BCUT2D eigenvalue weighted by molar-refractivity contribution is -0.160. The van der Waals surface area contributed by atoms with E-state index >= 15 is 0 Å². The number of hydrogen-bond donors (Lipinski definition) is 1. The number of esters is 1. The first-order valence-corrected chi connectivity index (χ1v) is 7.26. The number of aliphatic hydroxyl groups is 1. The van der Waals surface area contributed by atoms with Crippen molar-refractivity contribution in [3.8, 4) is 0 Å². The van der Waals surface area contributed by atoms with Gasteiger partial charge in [0.05, 0.1) is 0 Å². The van der Waals surface area contributed by atoms with Gasteiger partial charge in [0.2, 0.25) is 0 Å². The van der Waals surface area contributed by atoms with Gasteiger partial charge in [-0.25, -0.2) is 9.59 Å². The van der Waals surface area contributed by atoms with E-state index in [-0.39, 0.29) is 12.5 Å². The standard InChI is InChI=1S/C15H27NO5/c1-14(2,3)20-12(18)11-7-10(9-17)8-16(11)13(19)21-15(4,5)6/h10-11,17H,7-9H2,1-6H3/t10?,11-/m0/s1. The Hall–Kier alpha value is -1.30. The highest BCUT2D eigenvalue weighted by Crippen LogP contribution is 2.27. The summed E-state index contributed by atoms with van der Waals surface area (Å²) in [7, 11) is 0. The van der Waals surface area contributed by atoms with Gasteiger partial charge < -0.3 is 14.6 Å². The molecule has 1 fully saturated rings. The highest BCUT2D eigenvalue weighted by molar-refractivity contribution is 5.82. The van der Waals surface area contributed by atoms with Crippen LogP contribution in [0.2, 0.25) is 0 Å². The molecule has 1 heterocycles. The first-order valence-electron chi connectivity index (χ1n) is 7.26. The summed E-state index contributed by atoms with van der Waals surface area (Å²) in [4.78, 5) is 25.8. The largest absolute Gasteiger partial charge is 0.458 e. The van der Waals surface area contributed by atoms with Crippen LogP contribution in [0, 0.1) is 5.92 Å². The first kappa shape index (κ1) is 17.8. The quantitative estimate of drug-likeness (QED) is 0.789. The van der Waals surface area contributed by atoms with Gasteiger partial charge in [-0.15, -0.1) is 0 Å². The summed E-state index contributed by atoms with van der Waals surface area (Å²) in [5, 5.41) is 9.30. The van der Waals surface area contributed by atoms with Crippen LogP contribution in [-0.4, -0.2) is 52.5 Å². The molecule has 6 nitrogen and oxygen atoms in total. The summed E-state index contributed by atoms with van der Waals surface area (Å²) in [5.41, 5.74) is -1.25. The van der Waals surface area contributed by atoms with Crippen LogP contribution in [0.15, 0.2) is 0 Å². The molecule has 0 radical (unpaired) electrons. The third-order valence-corrected chi connectivity index (χ3v) is 2.95. The van der Waals surface area contributed by atoms with E-state index in [1.54, 1.807) is 41.5 Å². The number of likely N-dealkylation sites (tertiary alicyclic amines) is 1. The molecule has 0 bridgehead atoms. The molecule has 1 saturated heterocycles. The lowest BCUT2D eigenvalue weighted by atomic mass is 10.1. The molecule has 6 heteroatoms. The van der Waals surface area contributed by atoms with Gasteiger partial charge in [0.25, 0.3) is 0 Å². The molecule has 1 unspecified atom stereocenters. The zero-order valence-electron chi connectivity index (χ0n) is 13.8. The average Bonchev–Trinajstić information content (AvgIpc) is 2.68. The summed E-state index contributed by atoms with van der Waals surface area (Å²) in [6.07, 6.45) is -0.153. The monoisotopic (exact) mass is 301 g/mol. The maximum atomic E-state index is 12.2. The second-order valence-corrected chi connectivity index (χ2v) is 7.47. The van der Waals surface area contributed by atoms with E-state index in [9.17, 15) is 14.7 Å². The van der Waals surface area contributed by atoms with E-state index in [2.05, 4.69) is 0 Å². The maximum absolute atomic E-state index is 12.2. The molecule has 0 aromatic rings. The number of rotatable bonds is 2. The molecule has 122 valence electrons. The SMILES string of the molecule is CC(C)(C)OC(=O)[C@@H]1CC(CO)CN1C(=O)OC(C)(C)C. The topological polar surface area (TPSA) is 76.1 Å². The van der Waals surface area contributed by atoms with E-state index in [0.717, 1.165) is 0 Å². The van der Waals surface area contributed by atoms with Gasteiger partial charge >= 0.3 is 12.1 Å². The number of carbonyl (C=O) groups is 2. The molecule has 1 aliphatic rings. The Morgan fingerprint density at radius 1 is 1.10 bits per heavy atom. The van der Waals surface area contributed by atoms with E-state index in [0.29, 0.717) is 13.0 Å². The second kappa shape index (κ2) is 6.22. The Kier molecular flexibility index (Phi) is 5.25. The molecule has 0 aliphatic carbocycles. The Morgan fingerprint density at radius 3 is 2.05 bits per heavy atom. The third kappa shape index (κ3) is 5.53. The minimum atomic E-state index is -0.698. The number of nitrogens with zero attached hydrogens (tertiary/aromatic N) is 1. The fourth-order valence-corrected chi connectivity index (χ4v) is 2.17. The van der Waals surface area contributed by atoms with Crippen molar-refractivity contribution in [3.05, 3.63) is 0 Å². The van der Waals surface area contributed by atoms with Crippen LogP contribution in [0.1, 0.15) is 48.0 Å².